The highest BCUT2D eigenvalue weighted by atomic mass is 28.3. The Labute approximate surface area is 273 Å². The first-order valence-corrected chi connectivity index (χ1v) is 19.2. The maximum atomic E-state index is 14.2. The lowest BCUT2D eigenvalue weighted by atomic mass is 9.86. The molecule has 0 aliphatic carbocycles. The number of carbonyl (C=O) groups is 2. The van der Waals surface area contributed by atoms with Crippen molar-refractivity contribution in [3.05, 3.63) is 83.9 Å². The molecule has 2 aliphatic heterocycles. The van der Waals surface area contributed by atoms with E-state index in [1.165, 1.54) is 5.19 Å². The SMILES string of the molecule is COc1ccc([Si](C)(C)C(CC(=O)N(CCO)Cc2ccccc2)[C@H]2Oc3ccc(N4CCNCC4=O)cc3[C@@H](OC)[C@@H]2C)cc1. The van der Waals surface area contributed by atoms with E-state index in [0.717, 1.165) is 34.9 Å². The summed E-state index contributed by atoms with van der Waals surface area (Å²) in [5.41, 5.74) is 2.64. The van der Waals surface area contributed by atoms with Crippen molar-refractivity contribution in [1.29, 1.82) is 0 Å². The van der Waals surface area contributed by atoms with E-state index in [1.54, 1.807) is 19.1 Å². The van der Waals surface area contributed by atoms with Crippen molar-refractivity contribution < 1.29 is 28.9 Å². The van der Waals surface area contributed by atoms with Crippen LogP contribution in [-0.4, -0.2) is 83.0 Å². The lowest BCUT2D eigenvalue weighted by Gasteiger charge is -2.46. The average molecular weight is 646 g/mol. The molecule has 0 radical (unpaired) electrons. The Kier molecular flexibility index (Phi) is 10.8. The molecule has 246 valence electrons. The summed E-state index contributed by atoms with van der Waals surface area (Å²) in [6.07, 6.45) is -0.334. The number of nitrogens with zero attached hydrogens (tertiary/aromatic N) is 2. The first kappa shape index (κ1) is 33.7. The Morgan fingerprint density at radius 2 is 1.85 bits per heavy atom. The largest absolute Gasteiger partial charge is 0.497 e. The highest BCUT2D eigenvalue weighted by molar-refractivity contribution is 6.91. The molecule has 2 amide bonds. The Morgan fingerprint density at radius 1 is 1.11 bits per heavy atom. The number of aliphatic hydroxyl groups is 1. The van der Waals surface area contributed by atoms with Gasteiger partial charge in [0.15, 0.2) is 0 Å². The molecule has 0 aromatic heterocycles. The Bertz CT molecular complexity index is 1480. The van der Waals surface area contributed by atoms with Crippen LogP contribution in [0.2, 0.25) is 18.6 Å². The Hall–Kier alpha value is -3.70. The fourth-order valence-corrected chi connectivity index (χ4v) is 10.3. The van der Waals surface area contributed by atoms with Gasteiger partial charge in [0.25, 0.3) is 0 Å². The number of rotatable bonds is 12. The Morgan fingerprint density at radius 3 is 2.50 bits per heavy atom. The molecule has 46 heavy (non-hydrogen) atoms. The zero-order valence-electron chi connectivity index (χ0n) is 27.6. The Balaban J connectivity index is 1.51. The van der Waals surface area contributed by atoms with E-state index in [0.29, 0.717) is 19.6 Å². The second kappa shape index (κ2) is 14.8. The van der Waals surface area contributed by atoms with E-state index in [9.17, 15) is 14.7 Å². The van der Waals surface area contributed by atoms with Gasteiger partial charge in [-0.1, -0.05) is 67.7 Å². The fraction of sp³-hybridized carbons (Fsp3) is 0.444. The highest BCUT2D eigenvalue weighted by Gasteiger charge is 2.48. The number of ether oxygens (including phenoxy) is 3. The summed E-state index contributed by atoms with van der Waals surface area (Å²) < 4.78 is 18.5. The number of nitrogens with one attached hydrogen (secondary N) is 1. The van der Waals surface area contributed by atoms with Gasteiger partial charge in [-0.05, 0) is 35.9 Å². The van der Waals surface area contributed by atoms with Crippen molar-refractivity contribution in [3.8, 4) is 11.5 Å². The molecule has 3 aromatic rings. The average Bonchev–Trinajstić information content (AvgIpc) is 3.07. The van der Waals surface area contributed by atoms with E-state index in [1.807, 2.05) is 65.6 Å². The maximum absolute atomic E-state index is 14.2. The number of aliphatic hydroxyl groups excluding tert-OH is 1. The van der Waals surface area contributed by atoms with E-state index in [4.69, 9.17) is 14.2 Å². The van der Waals surface area contributed by atoms with Gasteiger partial charge in [0.2, 0.25) is 11.8 Å². The number of methoxy groups -OCH3 is 2. The molecule has 2 heterocycles. The minimum absolute atomic E-state index is 0.0138. The summed E-state index contributed by atoms with van der Waals surface area (Å²) in [6.45, 7) is 8.96. The highest BCUT2D eigenvalue weighted by Crippen LogP contribution is 2.48. The molecule has 1 saturated heterocycles. The number of anilines is 1. The molecule has 4 atom stereocenters. The molecule has 1 unspecified atom stereocenters. The van der Waals surface area contributed by atoms with Crippen LogP contribution in [0.15, 0.2) is 72.8 Å². The smallest absolute Gasteiger partial charge is 0.240 e. The van der Waals surface area contributed by atoms with Gasteiger partial charge < -0.3 is 34.4 Å². The van der Waals surface area contributed by atoms with Gasteiger partial charge in [-0.15, -0.1) is 0 Å². The second-order valence-corrected chi connectivity index (χ2v) is 17.6. The van der Waals surface area contributed by atoms with Gasteiger partial charge in [0.05, 0.1) is 34.4 Å². The molecule has 0 spiro atoms. The minimum atomic E-state index is -2.41. The number of hydrogen-bond acceptors (Lipinski definition) is 7. The van der Waals surface area contributed by atoms with Crippen LogP contribution in [-0.2, 0) is 20.9 Å². The number of amides is 2. The summed E-state index contributed by atoms with van der Waals surface area (Å²) >= 11 is 0. The van der Waals surface area contributed by atoms with Crippen LogP contribution in [0, 0.1) is 5.92 Å². The van der Waals surface area contributed by atoms with E-state index < -0.39 is 8.07 Å². The lowest BCUT2D eigenvalue weighted by molar-refractivity contribution is -0.133. The third-order valence-electron chi connectivity index (χ3n) is 9.70. The molecule has 9 nitrogen and oxygen atoms in total. The predicted molar refractivity (Wildman–Crippen MR) is 182 cm³/mol. The summed E-state index contributed by atoms with van der Waals surface area (Å²) in [7, 11) is 0.957. The van der Waals surface area contributed by atoms with E-state index >= 15 is 0 Å². The van der Waals surface area contributed by atoms with Crippen LogP contribution in [0.3, 0.4) is 0 Å². The van der Waals surface area contributed by atoms with Crippen molar-refractivity contribution in [2.45, 2.75) is 50.7 Å². The van der Waals surface area contributed by atoms with Crippen molar-refractivity contribution >= 4 is 30.8 Å². The summed E-state index contributed by atoms with van der Waals surface area (Å²) in [4.78, 5) is 30.4. The van der Waals surface area contributed by atoms with Crippen LogP contribution < -0.4 is 24.9 Å². The molecular weight excluding hydrogens is 598 g/mol. The van der Waals surface area contributed by atoms with Crippen LogP contribution in [0.5, 0.6) is 11.5 Å². The molecule has 0 saturated carbocycles. The van der Waals surface area contributed by atoms with Crippen LogP contribution >= 0.6 is 0 Å². The predicted octanol–water partition coefficient (Wildman–Crippen LogP) is 4.11. The van der Waals surface area contributed by atoms with Crippen molar-refractivity contribution in [1.82, 2.24) is 10.2 Å². The quantitative estimate of drug-likeness (QED) is 0.286. The van der Waals surface area contributed by atoms with Gasteiger partial charge in [0, 0.05) is 62.4 Å². The zero-order chi connectivity index (χ0) is 32.8. The van der Waals surface area contributed by atoms with Gasteiger partial charge in [0.1, 0.15) is 17.6 Å². The number of fused-ring (bicyclic) bond motifs is 1. The number of benzene rings is 3. The summed E-state index contributed by atoms with van der Waals surface area (Å²) in [6, 6.07) is 24.0. The minimum Gasteiger partial charge on any atom is -0.497 e. The molecule has 3 aromatic carbocycles. The number of carbonyl (C=O) groups excluding carboxylic acids is 2. The number of hydrogen-bond donors (Lipinski definition) is 2. The first-order chi connectivity index (χ1) is 22.2. The van der Waals surface area contributed by atoms with Gasteiger partial charge in [-0.2, -0.15) is 0 Å². The molecule has 5 rings (SSSR count). The fourth-order valence-electron chi connectivity index (χ4n) is 6.96. The van der Waals surface area contributed by atoms with E-state index in [2.05, 4.69) is 37.5 Å². The summed E-state index contributed by atoms with van der Waals surface area (Å²) in [5, 5.41) is 14.3. The monoisotopic (exact) mass is 645 g/mol. The van der Waals surface area contributed by atoms with Crippen molar-refractivity contribution in [3.63, 3.8) is 0 Å². The normalized spacial score (nSPS) is 20.4. The molecule has 2 N–H and O–H groups in total. The molecule has 1 fully saturated rings. The van der Waals surface area contributed by atoms with E-state index in [-0.39, 0.29) is 55.1 Å². The van der Waals surface area contributed by atoms with Crippen molar-refractivity contribution in [2.75, 3.05) is 51.9 Å². The molecule has 0 bridgehead atoms. The topological polar surface area (TPSA) is 101 Å². The van der Waals surface area contributed by atoms with Crippen LogP contribution in [0.1, 0.15) is 30.6 Å². The van der Waals surface area contributed by atoms with Gasteiger partial charge in [-0.3, -0.25) is 9.59 Å². The zero-order valence-corrected chi connectivity index (χ0v) is 28.6. The van der Waals surface area contributed by atoms with Crippen LogP contribution in [0.4, 0.5) is 5.69 Å². The summed E-state index contributed by atoms with van der Waals surface area (Å²) in [5.74, 6) is 1.44. The van der Waals surface area contributed by atoms with Gasteiger partial charge in [-0.25, -0.2) is 0 Å². The van der Waals surface area contributed by atoms with Crippen molar-refractivity contribution in [2.24, 2.45) is 5.92 Å². The molecular formula is C36H47N3O6Si. The van der Waals surface area contributed by atoms with Crippen LogP contribution in [0.25, 0.3) is 0 Å². The lowest BCUT2D eigenvalue weighted by Crippen LogP contribution is -2.55. The van der Waals surface area contributed by atoms with Gasteiger partial charge >= 0.3 is 0 Å². The second-order valence-electron chi connectivity index (χ2n) is 12.8. The maximum Gasteiger partial charge on any atom is 0.240 e. The first-order valence-electron chi connectivity index (χ1n) is 16.1. The third kappa shape index (κ3) is 7.15. The molecule has 10 heteroatoms. The third-order valence-corrected chi connectivity index (χ3v) is 13.9. The standard InChI is InChI=1S/C36H47N3O6Si/c1-25-35(44-3)30-21-27(39-18-17-37-23-34(39)42)11-16-31(30)45-36(25)32(46(4,5)29-14-12-28(43-2)13-15-29)22-33(41)38(19-20-40)24-26-9-7-6-8-10-26/h6-16,21,25,32,35-37,40H,17-20,22-24H2,1-5H3/t25-,32?,35-,36-/m0/s1. The molecule has 2 aliphatic rings. The number of piperazine rings is 1.